The van der Waals surface area contributed by atoms with Gasteiger partial charge in [0.15, 0.2) is 0 Å². The molecule has 1 unspecified atom stereocenters. The summed E-state index contributed by atoms with van der Waals surface area (Å²) >= 11 is 0. The Hall–Kier alpha value is -1.43. The van der Waals surface area contributed by atoms with Crippen LogP contribution in [-0.4, -0.2) is 42.5 Å². The molecule has 6 heteroatoms. The number of carbonyl (C=O) groups is 3. The second-order valence-corrected chi connectivity index (χ2v) is 6.32. The van der Waals surface area contributed by atoms with Crippen molar-refractivity contribution < 1.29 is 19.1 Å². The zero-order valence-electron chi connectivity index (χ0n) is 12.2. The highest BCUT2D eigenvalue weighted by atomic mass is 16.5. The highest BCUT2D eigenvalue weighted by Crippen LogP contribution is 2.34. The van der Waals surface area contributed by atoms with E-state index in [9.17, 15) is 14.4 Å². The van der Waals surface area contributed by atoms with E-state index in [-0.39, 0.29) is 18.4 Å². The van der Waals surface area contributed by atoms with Gasteiger partial charge in [-0.3, -0.25) is 19.8 Å². The van der Waals surface area contributed by atoms with Gasteiger partial charge in [0.25, 0.3) is 0 Å². The number of nitrogens with one attached hydrogen (secondary N) is 1. The van der Waals surface area contributed by atoms with Crippen LogP contribution in [0.2, 0.25) is 0 Å². The number of hydrogen-bond acceptors (Lipinski definition) is 4. The quantitative estimate of drug-likeness (QED) is 0.592. The summed E-state index contributed by atoms with van der Waals surface area (Å²) in [5.74, 6) is -0.712. The molecule has 1 N–H and O–H groups in total. The number of hydrogen-bond donors (Lipinski definition) is 1. The van der Waals surface area contributed by atoms with Crippen molar-refractivity contribution in [3.8, 4) is 0 Å². The lowest BCUT2D eigenvalue weighted by Crippen LogP contribution is -2.60. The van der Waals surface area contributed by atoms with Crippen LogP contribution in [0.3, 0.4) is 0 Å². The van der Waals surface area contributed by atoms with Crippen molar-refractivity contribution in [2.24, 2.45) is 17.8 Å². The maximum atomic E-state index is 12.5. The van der Waals surface area contributed by atoms with E-state index >= 15 is 0 Å². The van der Waals surface area contributed by atoms with Gasteiger partial charge in [-0.15, -0.1) is 0 Å². The first kappa shape index (κ1) is 14.5. The second kappa shape index (κ2) is 6.13. The van der Waals surface area contributed by atoms with Crippen molar-refractivity contribution in [2.75, 3.05) is 19.8 Å². The van der Waals surface area contributed by atoms with E-state index < -0.39 is 17.9 Å². The summed E-state index contributed by atoms with van der Waals surface area (Å²) in [7, 11) is 0. The summed E-state index contributed by atoms with van der Waals surface area (Å²) < 4.78 is 5.49. The molecule has 3 aliphatic rings. The van der Waals surface area contributed by atoms with Crippen LogP contribution in [0.25, 0.3) is 0 Å². The van der Waals surface area contributed by atoms with Gasteiger partial charge in [-0.25, -0.2) is 4.79 Å². The molecule has 1 aliphatic heterocycles. The monoisotopic (exact) mass is 294 g/mol. The Morgan fingerprint density at radius 2 is 1.81 bits per heavy atom. The molecule has 1 saturated heterocycles. The molecule has 3 rings (SSSR count). The minimum absolute atomic E-state index is 0.0838. The van der Waals surface area contributed by atoms with E-state index in [0.717, 1.165) is 30.6 Å². The second-order valence-electron chi connectivity index (χ2n) is 6.32. The topological polar surface area (TPSA) is 75.7 Å². The number of rotatable bonds is 6. The predicted octanol–water partition coefficient (Wildman–Crippen LogP) is 1.30. The maximum absolute atomic E-state index is 12.5. The van der Waals surface area contributed by atoms with Gasteiger partial charge in [-0.1, -0.05) is 12.8 Å². The Bertz CT molecular complexity index is 441. The van der Waals surface area contributed by atoms with Gasteiger partial charge in [0, 0.05) is 6.61 Å². The smallest absolute Gasteiger partial charge is 0.330 e. The molecule has 0 aromatic carbocycles. The Balaban J connectivity index is 1.57. The molecule has 21 heavy (non-hydrogen) atoms. The molecule has 0 aromatic heterocycles. The number of carbonyl (C=O) groups excluding carboxylic acids is 3. The summed E-state index contributed by atoms with van der Waals surface area (Å²) in [4.78, 5) is 37.4. The molecule has 0 aromatic rings. The molecule has 0 spiro atoms. The van der Waals surface area contributed by atoms with Gasteiger partial charge in [0.05, 0.1) is 13.2 Å². The van der Waals surface area contributed by atoms with Crippen molar-refractivity contribution in [2.45, 2.75) is 38.5 Å². The lowest BCUT2D eigenvalue weighted by atomic mass is 9.87. The number of nitrogens with zero attached hydrogens (tertiary/aromatic N) is 1. The van der Waals surface area contributed by atoms with Gasteiger partial charge in [-0.05, 0) is 37.5 Å². The van der Waals surface area contributed by atoms with Crippen molar-refractivity contribution in [3.05, 3.63) is 0 Å². The van der Waals surface area contributed by atoms with E-state index in [1.165, 1.54) is 12.8 Å². The largest absolute Gasteiger partial charge is 0.379 e. The van der Waals surface area contributed by atoms with E-state index in [1.807, 2.05) is 0 Å². The molecule has 2 aliphatic carbocycles. The van der Waals surface area contributed by atoms with Crippen LogP contribution >= 0.6 is 0 Å². The third-order valence-corrected chi connectivity index (χ3v) is 4.67. The number of urea groups is 1. The van der Waals surface area contributed by atoms with E-state index in [0.29, 0.717) is 19.1 Å². The zero-order chi connectivity index (χ0) is 14.8. The SMILES string of the molecule is O=C1NC(=O)N(CCOCC2CC2)C(=O)C1C1CCCC1. The number of barbiturate groups is 1. The molecule has 4 amide bonds. The summed E-state index contributed by atoms with van der Waals surface area (Å²) in [5, 5.41) is 2.32. The highest BCUT2D eigenvalue weighted by molar-refractivity contribution is 6.16. The van der Waals surface area contributed by atoms with Crippen molar-refractivity contribution >= 4 is 17.8 Å². The molecular formula is C15H22N2O4. The van der Waals surface area contributed by atoms with Crippen LogP contribution < -0.4 is 5.32 Å². The number of imide groups is 2. The predicted molar refractivity (Wildman–Crippen MR) is 74.2 cm³/mol. The molecule has 0 bridgehead atoms. The van der Waals surface area contributed by atoms with E-state index in [4.69, 9.17) is 4.74 Å². The first-order valence-corrected chi connectivity index (χ1v) is 7.91. The van der Waals surface area contributed by atoms with Crippen LogP contribution in [0.1, 0.15) is 38.5 Å². The number of ether oxygens (including phenoxy) is 1. The van der Waals surface area contributed by atoms with Gasteiger partial charge in [-0.2, -0.15) is 0 Å². The lowest BCUT2D eigenvalue weighted by Gasteiger charge is -2.32. The molecule has 1 atom stereocenters. The fourth-order valence-electron chi connectivity index (χ4n) is 3.24. The van der Waals surface area contributed by atoms with E-state index in [2.05, 4.69) is 5.32 Å². The fourth-order valence-corrected chi connectivity index (χ4v) is 3.24. The normalized spacial score (nSPS) is 27.3. The summed E-state index contributed by atoms with van der Waals surface area (Å²) in [6.07, 6.45) is 6.32. The van der Waals surface area contributed by atoms with Crippen molar-refractivity contribution in [1.29, 1.82) is 0 Å². The average Bonchev–Trinajstić information content (AvgIpc) is 3.11. The van der Waals surface area contributed by atoms with Crippen LogP contribution in [0.5, 0.6) is 0 Å². The molecular weight excluding hydrogens is 272 g/mol. The Morgan fingerprint density at radius 3 is 2.48 bits per heavy atom. The maximum Gasteiger partial charge on any atom is 0.330 e. The van der Waals surface area contributed by atoms with Crippen LogP contribution in [0.4, 0.5) is 4.79 Å². The minimum atomic E-state index is -0.686. The van der Waals surface area contributed by atoms with Gasteiger partial charge in [0.1, 0.15) is 5.92 Å². The molecule has 6 nitrogen and oxygen atoms in total. The summed E-state index contributed by atoms with van der Waals surface area (Å²) in [6, 6.07) is -0.603. The minimum Gasteiger partial charge on any atom is -0.379 e. The summed E-state index contributed by atoms with van der Waals surface area (Å²) in [5.41, 5.74) is 0. The molecule has 2 saturated carbocycles. The van der Waals surface area contributed by atoms with Crippen molar-refractivity contribution in [3.63, 3.8) is 0 Å². The fraction of sp³-hybridized carbons (Fsp3) is 0.800. The molecule has 0 radical (unpaired) electrons. The first-order chi connectivity index (χ1) is 10.2. The first-order valence-electron chi connectivity index (χ1n) is 7.91. The highest BCUT2D eigenvalue weighted by Gasteiger charge is 2.45. The molecule has 1 heterocycles. The number of amides is 4. The van der Waals surface area contributed by atoms with Crippen molar-refractivity contribution in [1.82, 2.24) is 10.2 Å². The third-order valence-electron chi connectivity index (χ3n) is 4.67. The lowest BCUT2D eigenvalue weighted by molar-refractivity contribution is -0.145. The van der Waals surface area contributed by atoms with Gasteiger partial charge < -0.3 is 4.74 Å². The third kappa shape index (κ3) is 3.26. The van der Waals surface area contributed by atoms with E-state index in [1.54, 1.807) is 0 Å². The Morgan fingerprint density at radius 1 is 1.10 bits per heavy atom. The standard InChI is InChI=1S/C15H22N2O4/c18-13-12(11-3-1-2-4-11)14(19)17(15(20)16-13)7-8-21-9-10-5-6-10/h10-12H,1-9H2,(H,16,18,20). The Labute approximate surface area is 124 Å². The molecule has 3 fully saturated rings. The summed E-state index contributed by atoms with van der Waals surface area (Å²) in [6.45, 7) is 1.28. The van der Waals surface area contributed by atoms with Crippen LogP contribution in [-0.2, 0) is 14.3 Å². The average molecular weight is 294 g/mol. The van der Waals surface area contributed by atoms with Crippen LogP contribution in [0, 0.1) is 17.8 Å². The van der Waals surface area contributed by atoms with Crippen LogP contribution in [0.15, 0.2) is 0 Å². The Kier molecular flexibility index (Phi) is 4.24. The van der Waals surface area contributed by atoms with Gasteiger partial charge in [0.2, 0.25) is 11.8 Å². The van der Waals surface area contributed by atoms with Gasteiger partial charge >= 0.3 is 6.03 Å². The zero-order valence-corrected chi connectivity index (χ0v) is 12.2. The molecule has 116 valence electrons.